The highest BCUT2D eigenvalue weighted by Gasteiger charge is 2.35. The van der Waals surface area contributed by atoms with Crippen LogP contribution < -0.4 is 15.5 Å². The fourth-order valence-corrected chi connectivity index (χ4v) is 6.05. The fraction of sp³-hybridized carbons (Fsp3) is 0.536. The summed E-state index contributed by atoms with van der Waals surface area (Å²) in [6.07, 6.45) is 2.65. The van der Waals surface area contributed by atoms with Gasteiger partial charge in [0, 0.05) is 43.1 Å². The molecule has 0 spiro atoms. The van der Waals surface area contributed by atoms with Crippen LogP contribution in [0.25, 0.3) is 0 Å². The SMILES string of the molecule is O=C(NC[C@@H](C(=O)Nc1ccc(N2CCOCC2=O)cc1C(F)F)N(CC1CCC1)CC1CC1)c1ccc(Cl)s1. The molecule has 2 heterocycles. The molecule has 5 rings (SSSR count). The normalized spacial score (nSPS) is 18.6. The summed E-state index contributed by atoms with van der Waals surface area (Å²) in [7, 11) is 0. The smallest absolute Gasteiger partial charge is 0.265 e. The number of benzene rings is 1. The summed E-state index contributed by atoms with van der Waals surface area (Å²) in [6, 6.07) is 6.74. The predicted octanol–water partition coefficient (Wildman–Crippen LogP) is 4.95. The fourth-order valence-electron chi connectivity index (χ4n) is 5.09. The van der Waals surface area contributed by atoms with Gasteiger partial charge >= 0.3 is 0 Å². The zero-order valence-electron chi connectivity index (χ0n) is 22.0. The maximum Gasteiger partial charge on any atom is 0.265 e. The molecule has 3 fully saturated rings. The number of alkyl halides is 2. The first-order valence-corrected chi connectivity index (χ1v) is 14.9. The van der Waals surface area contributed by atoms with Crippen molar-refractivity contribution in [2.45, 2.75) is 44.6 Å². The summed E-state index contributed by atoms with van der Waals surface area (Å²) >= 11 is 7.14. The first-order valence-electron chi connectivity index (χ1n) is 13.7. The van der Waals surface area contributed by atoms with Crippen LogP contribution in [0.3, 0.4) is 0 Å². The van der Waals surface area contributed by atoms with Gasteiger partial charge in [-0.2, -0.15) is 0 Å². The number of hydrogen-bond acceptors (Lipinski definition) is 6. The lowest BCUT2D eigenvalue weighted by molar-refractivity contribution is -0.125. The number of amides is 3. The number of rotatable bonds is 12. The molecule has 3 aliphatic rings. The van der Waals surface area contributed by atoms with Crippen LogP contribution in [0.15, 0.2) is 30.3 Å². The minimum atomic E-state index is -2.87. The van der Waals surface area contributed by atoms with Crippen LogP contribution in [0.4, 0.5) is 20.2 Å². The van der Waals surface area contributed by atoms with Gasteiger partial charge in [0.25, 0.3) is 18.2 Å². The average Bonchev–Trinajstić information content (AvgIpc) is 3.62. The van der Waals surface area contributed by atoms with Crippen LogP contribution in [0.2, 0.25) is 4.34 Å². The third-order valence-corrected chi connectivity index (χ3v) is 8.96. The van der Waals surface area contributed by atoms with Gasteiger partial charge in [0.05, 0.1) is 15.8 Å². The van der Waals surface area contributed by atoms with Gasteiger partial charge in [-0.1, -0.05) is 18.0 Å². The molecule has 2 aromatic rings. The number of hydrogen-bond donors (Lipinski definition) is 2. The van der Waals surface area contributed by atoms with E-state index < -0.39 is 18.4 Å². The summed E-state index contributed by atoms with van der Waals surface area (Å²) in [4.78, 5) is 42.8. The van der Waals surface area contributed by atoms with E-state index in [4.69, 9.17) is 16.3 Å². The molecule has 1 aromatic carbocycles. The number of nitrogens with zero attached hydrogens (tertiary/aromatic N) is 2. The standard InChI is InChI=1S/C28H33ClF2N4O4S/c29-24-9-8-23(40-24)28(38)32-13-22(34(15-18-4-5-18)14-17-2-1-3-17)27(37)33-21-7-6-19(12-20(21)26(30)31)35-10-11-39-16-25(35)36/h6-9,12,17-18,22,26H,1-5,10-11,13-16H2,(H,32,38)(H,33,37)/t22-/m0/s1. The van der Waals surface area contributed by atoms with E-state index >= 15 is 0 Å². The number of halogens is 3. The van der Waals surface area contributed by atoms with Crippen LogP contribution in [0.1, 0.15) is 53.8 Å². The van der Waals surface area contributed by atoms with Gasteiger partial charge in [0.1, 0.15) is 12.6 Å². The van der Waals surface area contributed by atoms with Gasteiger partial charge in [-0.3, -0.25) is 19.3 Å². The first kappa shape index (κ1) is 28.9. The van der Waals surface area contributed by atoms with E-state index in [9.17, 15) is 23.2 Å². The van der Waals surface area contributed by atoms with E-state index in [1.54, 1.807) is 18.2 Å². The largest absolute Gasteiger partial charge is 0.370 e. The zero-order valence-corrected chi connectivity index (χ0v) is 23.6. The van der Waals surface area contributed by atoms with Crippen molar-refractivity contribution in [3.05, 3.63) is 45.1 Å². The quantitative estimate of drug-likeness (QED) is 0.363. The van der Waals surface area contributed by atoms with Crippen molar-refractivity contribution in [3.8, 4) is 0 Å². The number of carbonyl (C=O) groups excluding carboxylic acids is 3. The molecule has 2 aliphatic carbocycles. The van der Waals surface area contributed by atoms with Crippen molar-refractivity contribution < 1.29 is 27.9 Å². The Morgan fingerprint density at radius 3 is 2.48 bits per heavy atom. The van der Waals surface area contributed by atoms with Gasteiger partial charge in [0.15, 0.2) is 0 Å². The second-order valence-corrected chi connectivity index (χ2v) is 12.4. The molecule has 1 aromatic heterocycles. The number of thiophene rings is 1. The summed E-state index contributed by atoms with van der Waals surface area (Å²) in [5.41, 5.74) is -0.0462. The van der Waals surface area contributed by atoms with Crippen LogP contribution in [-0.4, -0.2) is 68.1 Å². The second kappa shape index (κ2) is 12.9. The number of nitrogens with one attached hydrogen (secondary N) is 2. The highest BCUT2D eigenvalue weighted by molar-refractivity contribution is 7.18. The Morgan fingerprint density at radius 2 is 1.88 bits per heavy atom. The monoisotopic (exact) mass is 594 g/mol. The molecular formula is C28H33ClF2N4O4S. The van der Waals surface area contributed by atoms with Crippen molar-refractivity contribution in [2.24, 2.45) is 11.8 Å². The molecule has 0 bridgehead atoms. The van der Waals surface area contributed by atoms with Gasteiger partial charge < -0.3 is 20.3 Å². The molecule has 8 nitrogen and oxygen atoms in total. The van der Waals surface area contributed by atoms with Crippen molar-refractivity contribution in [1.29, 1.82) is 0 Å². The minimum Gasteiger partial charge on any atom is -0.370 e. The van der Waals surface area contributed by atoms with Crippen LogP contribution in [0.5, 0.6) is 0 Å². The maximum atomic E-state index is 14.2. The number of anilines is 2. The van der Waals surface area contributed by atoms with Crippen molar-refractivity contribution >= 4 is 52.0 Å². The minimum absolute atomic E-state index is 0.0131. The molecule has 0 unspecified atom stereocenters. The third-order valence-electron chi connectivity index (χ3n) is 7.73. The molecular weight excluding hydrogens is 562 g/mol. The number of ether oxygens (including phenoxy) is 1. The lowest BCUT2D eigenvalue weighted by Crippen LogP contribution is -2.53. The molecule has 2 saturated carbocycles. The third kappa shape index (κ3) is 7.18. The lowest BCUT2D eigenvalue weighted by atomic mass is 9.84. The Kier molecular flexibility index (Phi) is 9.34. The Morgan fingerprint density at radius 1 is 1.12 bits per heavy atom. The van der Waals surface area contributed by atoms with Crippen molar-refractivity contribution in [3.63, 3.8) is 0 Å². The van der Waals surface area contributed by atoms with Crippen LogP contribution in [0, 0.1) is 11.8 Å². The van der Waals surface area contributed by atoms with Crippen LogP contribution >= 0.6 is 22.9 Å². The van der Waals surface area contributed by atoms with Gasteiger partial charge in [0.2, 0.25) is 5.91 Å². The molecule has 12 heteroatoms. The van der Waals surface area contributed by atoms with Gasteiger partial charge in [-0.25, -0.2) is 8.78 Å². The van der Waals surface area contributed by atoms with Gasteiger partial charge in [-0.15, -0.1) is 11.3 Å². The summed E-state index contributed by atoms with van der Waals surface area (Å²) in [6.45, 7) is 1.94. The highest BCUT2D eigenvalue weighted by atomic mass is 35.5. The Bertz CT molecular complexity index is 1240. The summed E-state index contributed by atoms with van der Waals surface area (Å²) in [5, 5.41) is 5.59. The molecule has 1 aliphatic heterocycles. The Balaban J connectivity index is 1.36. The highest BCUT2D eigenvalue weighted by Crippen LogP contribution is 2.35. The van der Waals surface area contributed by atoms with E-state index in [-0.39, 0.29) is 42.8 Å². The average molecular weight is 595 g/mol. The van der Waals surface area contributed by atoms with Crippen LogP contribution in [-0.2, 0) is 14.3 Å². The molecule has 0 radical (unpaired) electrons. The van der Waals surface area contributed by atoms with E-state index in [0.717, 1.165) is 56.5 Å². The number of morpholine rings is 1. The molecule has 40 heavy (non-hydrogen) atoms. The van der Waals surface area contributed by atoms with E-state index in [1.165, 1.54) is 17.0 Å². The Hall–Kier alpha value is -2.60. The summed E-state index contributed by atoms with van der Waals surface area (Å²) < 4.78 is 34.0. The number of carbonyl (C=O) groups is 3. The summed E-state index contributed by atoms with van der Waals surface area (Å²) in [5.74, 6) is -0.135. The molecule has 1 atom stereocenters. The molecule has 3 amide bonds. The Labute approximate surface area is 241 Å². The molecule has 1 saturated heterocycles. The van der Waals surface area contributed by atoms with E-state index in [0.29, 0.717) is 33.3 Å². The predicted molar refractivity (Wildman–Crippen MR) is 150 cm³/mol. The maximum absolute atomic E-state index is 14.2. The lowest BCUT2D eigenvalue weighted by Gasteiger charge is -2.37. The van der Waals surface area contributed by atoms with Crippen molar-refractivity contribution in [2.75, 3.05) is 49.6 Å². The second-order valence-electron chi connectivity index (χ2n) is 10.7. The molecule has 216 valence electrons. The first-order chi connectivity index (χ1) is 19.3. The topological polar surface area (TPSA) is 91.0 Å². The van der Waals surface area contributed by atoms with E-state index in [2.05, 4.69) is 15.5 Å². The zero-order chi connectivity index (χ0) is 28.2. The van der Waals surface area contributed by atoms with Crippen molar-refractivity contribution in [1.82, 2.24) is 10.2 Å². The van der Waals surface area contributed by atoms with Gasteiger partial charge in [-0.05, 0) is 67.9 Å². The molecule has 2 N–H and O–H groups in total. The van der Waals surface area contributed by atoms with E-state index in [1.807, 2.05) is 0 Å².